The van der Waals surface area contributed by atoms with E-state index in [4.69, 9.17) is 34.7 Å². The van der Waals surface area contributed by atoms with Gasteiger partial charge in [0.15, 0.2) is 0 Å². The number of amides is 2. The maximum absolute atomic E-state index is 12.8. The molecule has 0 spiro atoms. The molecule has 2 amide bonds. The average molecular weight is 589 g/mol. The highest BCUT2D eigenvalue weighted by Crippen LogP contribution is 2.44. The number of carboxylic acids is 1. The molecule has 1 aromatic carbocycles. The monoisotopic (exact) mass is 587 g/mol. The quantitative estimate of drug-likeness (QED) is 0.125. The first-order valence-corrected chi connectivity index (χ1v) is 14.0. The molecule has 4 rings (SSSR count). The van der Waals surface area contributed by atoms with Gasteiger partial charge in [0.2, 0.25) is 11.9 Å². The van der Waals surface area contributed by atoms with Crippen molar-refractivity contribution in [2.24, 2.45) is 0 Å². The molecular formula is C20H19Cl2N7O4S3. The molecule has 0 saturated carbocycles. The maximum atomic E-state index is 12.8. The number of nitrogens with one attached hydrogen (secondary N) is 2. The number of hydrogen-bond donors (Lipinski definition) is 5. The van der Waals surface area contributed by atoms with Crippen LogP contribution in [0.2, 0.25) is 10.0 Å². The number of thioether (sulfide) groups is 3. The molecule has 1 saturated heterocycles. The first kappa shape index (κ1) is 26.5. The van der Waals surface area contributed by atoms with Gasteiger partial charge in [-0.2, -0.15) is 4.98 Å². The van der Waals surface area contributed by atoms with Crippen LogP contribution in [-0.2, 0) is 14.4 Å². The predicted molar refractivity (Wildman–Crippen MR) is 144 cm³/mol. The summed E-state index contributed by atoms with van der Waals surface area (Å²) in [6.45, 7) is -0.140. The van der Waals surface area contributed by atoms with E-state index in [1.54, 1.807) is 24.3 Å². The molecule has 1 aromatic heterocycles. The number of halogens is 2. The number of anilines is 3. The summed E-state index contributed by atoms with van der Waals surface area (Å²) in [5, 5.41) is 16.7. The number of aliphatic carboxylic acids is 1. The Hall–Kier alpha value is -2.52. The fourth-order valence-corrected chi connectivity index (χ4v) is 7.49. The molecule has 2 aliphatic heterocycles. The van der Waals surface area contributed by atoms with Crippen LogP contribution in [-0.4, -0.2) is 66.6 Å². The van der Waals surface area contributed by atoms with E-state index in [1.165, 1.54) is 40.2 Å². The SMILES string of the molecule is Nc1cc(SCSC2=C(C(=O)O)N3C(=O)[C@@H](NC(=O)CNc4cc(Cl)ccc4Cl)[C@H]3SC2)nc(N)n1. The summed E-state index contributed by atoms with van der Waals surface area (Å²) in [7, 11) is 0. The molecular weight excluding hydrogens is 569 g/mol. The molecule has 0 aliphatic carbocycles. The van der Waals surface area contributed by atoms with E-state index in [0.29, 0.717) is 36.5 Å². The molecule has 2 atom stereocenters. The van der Waals surface area contributed by atoms with Crippen molar-refractivity contribution in [1.82, 2.24) is 20.2 Å². The molecule has 0 unspecified atom stereocenters. The van der Waals surface area contributed by atoms with Crippen LogP contribution in [0, 0.1) is 0 Å². The zero-order valence-corrected chi connectivity index (χ0v) is 22.2. The highest BCUT2D eigenvalue weighted by atomic mass is 35.5. The molecule has 0 radical (unpaired) electrons. The molecule has 1 fully saturated rings. The van der Waals surface area contributed by atoms with Crippen LogP contribution in [0.4, 0.5) is 17.5 Å². The first-order valence-electron chi connectivity index (χ1n) is 10.2. The number of aromatic nitrogens is 2. The number of hydrogen-bond acceptors (Lipinski definition) is 11. The van der Waals surface area contributed by atoms with E-state index in [0.717, 1.165) is 0 Å². The number of carboxylic acid groups (broad SMARTS) is 1. The third-order valence-corrected chi connectivity index (χ3v) is 9.16. The minimum atomic E-state index is -1.21. The van der Waals surface area contributed by atoms with Crippen LogP contribution in [0.15, 0.2) is 39.9 Å². The van der Waals surface area contributed by atoms with Crippen molar-refractivity contribution in [2.45, 2.75) is 16.4 Å². The van der Waals surface area contributed by atoms with Crippen LogP contribution in [0.3, 0.4) is 0 Å². The molecule has 3 heterocycles. The number of carbonyl (C=O) groups is 3. The summed E-state index contributed by atoms with van der Waals surface area (Å²) in [6.07, 6.45) is 0. The highest BCUT2D eigenvalue weighted by Gasteiger charge is 2.54. The van der Waals surface area contributed by atoms with Gasteiger partial charge < -0.3 is 27.2 Å². The van der Waals surface area contributed by atoms with E-state index in [2.05, 4.69) is 20.6 Å². The maximum Gasteiger partial charge on any atom is 0.353 e. The lowest BCUT2D eigenvalue weighted by Crippen LogP contribution is -2.70. The summed E-state index contributed by atoms with van der Waals surface area (Å²) in [5.74, 6) is -1.47. The van der Waals surface area contributed by atoms with Gasteiger partial charge in [0.25, 0.3) is 5.91 Å². The van der Waals surface area contributed by atoms with Crippen LogP contribution in [0.5, 0.6) is 0 Å². The summed E-state index contributed by atoms with van der Waals surface area (Å²) in [4.78, 5) is 46.9. The fourth-order valence-electron chi connectivity index (χ4n) is 3.43. The minimum absolute atomic E-state index is 0.0501. The molecule has 0 bridgehead atoms. The Morgan fingerprint density at radius 1 is 1.22 bits per heavy atom. The zero-order chi connectivity index (χ0) is 26.0. The minimum Gasteiger partial charge on any atom is -0.477 e. The topological polar surface area (TPSA) is 177 Å². The van der Waals surface area contributed by atoms with E-state index in [-0.39, 0.29) is 24.0 Å². The van der Waals surface area contributed by atoms with Crippen LogP contribution >= 0.6 is 58.5 Å². The molecule has 2 aliphatic rings. The van der Waals surface area contributed by atoms with Crippen LogP contribution in [0.25, 0.3) is 0 Å². The Kier molecular flexibility index (Phi) is 8.30. The van der Waals surface area contributed by atoms with E-state index >= 15 is 0 Å². The van der Waals surface area contributed by atoms with Gasteiger partial charge in [-0.05, 0) is 18.2 Å². The fraction of sp³-hybridized carbons (Fsp3) is 0.250. The Bertz CT molecular complexity index is 1250. The molecule has 16 heteroatoms. The largest absolute Gasteiger partial charge is 0.477 e. The zero-order valence-electron chi connectivity index (χ0n) is 18.2. The van der Waals surface area contributed by atoms with Crippen molar-refractivity contribution in [2.75, 3.05) is 34.2 Å². The lowest BCUT2D eigenvalue weighted by atomic mass is 10.1. The van der Waals surface area contributed by atoms with E-state index in [1.807, 2.05) is 0 Å². The van der Waals surface area contributed by atoms with Gasteiger partial charge in [-0.3, -0.25) is 14.5 Å². The standard InChI is InChI=1S/C20H19Cl2N7O4S3/c21-8-1-2-9(22)10(3-8)25-5-13(30)27-15-17(31)29-16(19(32)33)11(6-34-18(15)29)35-7-36-14-4-12(23)26-20(24)28-14/h1-4,15,18,25H,5-7H2,(H,27,30)(H,32,33)(H4,23,24,26,28)/t15-,18-/m1/s1. The lowest BCUT2D eigenvalue weighted by Gasteiger charge is -2.49. The second-order valence-corrected chi connectivity index (χ2v) is 11.8. The van der Waals surface area contributed by atoms with Crippen molar-refractivity contribution >= 4 is 93.7 Å². The van der Waals surface area contributed by atoms with Crippen molar-refractivity contribution in [1.29, 1.82) is 0 Å². The predicted octanol–water partition coefficient (Wildman–Crippen LogP) is 2.54. The summed E-state index contributed by atoms with van der Waals surface area (Å²) >= 11 is 16.0. The van der Waals surface area contributed by atoms with Gasteiger partial charge in [-0.1, -0.05) is 35.0 Å². The van der Waals surface area contributed by atoms with Gasteiger partial charge in [0, 0.05) is 26.8 Å². The number of fused-ring (bicyclic) bond motifs is 1. The number of carbonyl (C=O) groups excluding carboxylic acids is 2. The number of nitrogens with two attached hydrogens (primary N) is 2. The number of nitrogens with zero attached hydrogens (tertiary/aromatic N) is 3. The second-order valence-electron chi connectivity index (χ2n) is 7.41. The van der Waals surface area contributed by atoms with Gasteiger partial charge in [0.1, 0.15) is 28.0 Å². The third kappa shape index (κ3) is 5.89. The van der Waals surface area contributed by atoms with Crippen molar-refractivity contribution in [3.05, 3.63) is 44.9 Å². The van der Waals surface area contributed by atoms with Crippen LogP contribution < -0.4 is 22.1 Å². The molecule has 36 heavy (non-hydrogen) atoms. The van der Waals surface area contributed by atoms with Gasteiger partial charge in [-0.15, -0.1) is 23.5 Å². The molecule has 2 aromatic rings. The molecule has 190 valence electrons. The van der Waals surface area contributed by atoms with E-state index in [9.17, 15) is 19.5 Å². The number of β-lactam (4-membered cyclic amide) rings is 1. The van der Waals surface area contributed by atoms with Gasteiger partial charge in [0.05, 0.1) is 17.3 Å². The highest BCUT2D eigenvalue weighted by molar-refractivity contribution is 8.18. The lowest BCUT2D eigenvalue weighted by molar-refractivity contribution is -0.150. The molecule has 11 nitrogen and oxygen atoms in total. The Balaban J connectivity index is 1.36. The normalized spacial score (nSPS) is 18.9. The van der Waals surface area contributed by atoms with Crippen LogP contribution in [0.1, 0.15) is 0 Å². The summed E-state index contributed by atoms with van der Waals surface area (Å²) < 4.78 is 0. The van der Waals surface area contributed by atoms with Gasteiger partial charge >= 0.3 is 5.97 Å². The third-order valence-electron chi connectivity index (χ3n) is 5.00. The second kappa shape index (κ2) is 11.3. The summed E-state index contributed by atoms with van der Waals surface area (Å²) in [6, 6.07) is 5.54. The number of nitrogen functional groups attached to an aromatic ring is 2. The van der Waals surface area contributed by atoms with E-state index < -0.39 is 29.2 Å². The van der Waals surface area contributed by atoms with Crippen molar-refractivity contribution in [3.63, 3.8) is 0 Å². The van der Waals surface area contributed by atoms with Crippen molar-refractivity contribution in [3.8, 4) is 0 Å². The number of benzene rings is 1. The Morgan fingerprint density at radius 2 is 2.00 bits per heavy atom. The number of rotatable bonds is 9. The van der Waals surface area contributed by atoms with Gasteiger partial charge in [-0.25, -0.2) is 9.78 Å². The summed E-state index contributed by atoms with van der Waals surface area (Å²) in [5.41, 5.74) is 11.7. The Morgan fingerprint density at radius 3 is 2.72 bits per heavy atom. The Labute approximate surface area is 228 Å². The van der Waals surface area contributed by atoms with Crippen molar-refractivity contribution < 1.29 is 19.5 Å². The molecule has 7 N–H and O–H groups in total. The first-order chi connectivity index (χ1) is 17.1. The average Bonchev–Trinajstić information content (AvgIpc) is 2.82. The smallest absolute Gasteiger partial charge is 0.353 e.